The van der Waals surface area contributed by atoms with Crippen LogP contribution >= 0.6 is 11.3 Å². The van der Waals surface area contributed by atoms with Crippen molar-refractivity contribution in [3.05, 3.63) is 40.8 Å². The zero-order valence-corrected chi connectivity index (χ0v) is 12.1. The smallest absolute Gasteiger partial charge is 0.273 e. The number of carbonyl (C=O) groups excluding carboxylic acids is 1. The maximum Gasteiger partial charge on any atom is 0.273 e. The van der Waals surface area contributed by atoms with Crippen LogP contribution in [0.1, 0.15) is 28.8 Å². The molecule has 3 aromatic rings. The Morgan fingerprint density at radius 1 is 1.43 bits per heavy atom. The van der Waals surface area contributed by atoms with Gasteiger partial charge in [0.15, 0.2) is 0 Å². The average molecular weight is 304 g/mol. The molecule has 5 nitrogen and oxygen atoms in total. The number of nitrogens with zero attached hydrogens (tertiary/aromatic N) is 2. The van der Waals surface area contributed by atoms with E-state index in [4.69, 9.17) is 0 Å². The summed E-state index contributed by atoms with van der Waals surface area (Å²) in [5, 5.41) is 12.3. The molecule has 0 spiro atoms. The van der Waals surface area contributed by atoms with Crippen LogP contribution in [0.2, 0.25) is 0 Å². The molecule has 108 valence electrons. The van der Waals surface area contributed by atoms with Gasteiger partial charge in [-0.05, 0) is 24.6 Å². The third-order valence-electron chi connectivity index (χ3n) is 3.01. The van der Waals surface area contributed by atoms with Crippen LogP contribution in [0.5, 0.6) is 0 Å². The highest BCUT2D eigenvalue weighted by Gasteiger charge is 2.14. The molecular weight excluding hydrogens is 291 g/mol. The number of hydrogen-bond acceptors (Lipinski definition) is 4. The molecule has 1 aromatic carbocycles. The van der Waals surface area contributed by atoms with Crippen molar-refractivity contribution < 1.29 is 9.18 Å². The Kier molecular flexibility index (Phi) is 3.66. The Hall–Kier alpha value is -2.28. The van der Waals surface area contributed by atoms with Gasteiger partial charge in [-0.25, -0.2) is 4.39 Å². The first-order valence-corrected chi connectivity index (χ1v) is 7.40. The van der Waals surface area contributed by atoms with Crippen molar-refractivity contribution in [2.45, 2.75) is 19.8 Å². The van der Waals surface area contributed by atoms with Crippen LogP contribution in [-0.4, -0.2) is 21.1 Å². The van der Waals surface area contributed by atoms with Crippen LogP contribution in [-0.2, 0) is 6.42 Å². The van der Waals surface area contributed by atoms with Gasteiger partial charge in [0.25, 0.3) is 5.91 Å². The van der Waals surface area contributed by atoms with Crippen molar-refractivity contribution in [3.63, 3.8) is 0 Å². The largest absolute Gasteiger partial charge is 0.350 e. The highest BCUT2D eigenvalue weighted by molar-refractivity contribution is 7.15. The summed E-state index contributed by atoms with van der Waals surface area (Å²) < 4.78 is 13.6. The molecule has 7 heteroatoms. The lowest BCUT2D eigenvalue weighted by atomic mass is 10.2. The van der Waals surface area contributed by atoms with Crippen LogP contribution < -0.4 is 5.32 Å². The van der Waals surface area contributed by atoms with Gasteiger partial charge in [-0.3, -0.25) is 10.1 Å². The van der Waals surface area contributed by atoms with Crippen LogP contribution in [0, 0.1) is 5.82 Å². The van der Waals surface area contributed by atoms with Crippen molar-refractivity contribution in [2.75, 3.05) is 5.32 Å². The monoisotopic (exact) mass is 304 g/mol. The van der Waals surface area contributed by atoms with Crippen molar-refractivity contribution in [2.24, 2.45) is 0 Å². The van der Waals surface area contributed by atoms with E-state index in [0.29, 0.717) is 21.7 Å². The molecule has 0 saturated carbocycles. The molecule has 0 radical (unpaired) electrons. The predicted octanol–water partition coefficient (Wildman–Crippen LogP) is 3.36. The summed E-state index contributed by atoms with van der Waals surface area (Å²) in [6, 6.07) is 6.17. The minimum atomic E-state index is -0.357. The number of fused-ring (bicyclic) bond motifs is 1. The number of anilines is 1. The third-order valence-corrected chi connectivity index (χ3v) is 3.91. The number of H-pyrrole nitrogens is 1. The molecule has 0 aliphatic rings. The lowest BCUT2D eigenvalue weighted by molar-refractivity contribution is 0.102. The molecule has 2 N–H and O–H groups in total. The van der Waals surface area contributed by atoms with E-state index < -0.39 is 0 Å². The van der Waals surface area contributed by atoms with Gasteiger partial charge in [0.2, 0.25) is 5.13 Å². The molecule has 21 heavy (non-hydrogen) atoms. The Labute approximate surface area is 124 Å². The van der Waals surface area contributed by atoms with E-state index in [1.165, 1.54) is 23.5 Å². The summed E-state index contributed by atoms with van der Waals surface area (Å²) in [4.78, 5) is 15.0. The average Bonchev–Trinajstić information content (AvgIpc) is 3.07. The zero-order valence-electron chi connectivity index (χ0n) is 11.3. The number of rotatable bonds is 4. The quantitative estimate of drug-likeness (QED) is 0.776. The number of aryl methyl sites for hydroxylation is 1. The Balaban J connectivity index is 1.81. The fourth-order valence-corrected chi connectivity index (χ4v) is 2.86. The normalized spacial score (nSPS) is 11.0. The van der Waals surface area contributed by atoms with Crippen LogP contribution in [0.15, 0.2) is 24.3 Å². The fraction of sp³-hybridized carbons (Fsp3) is 0.214. The second-order valence-corrected chi connectivity index (χ2v) is 5.65. The van der Waals surface area contributed by atoms with Gasteiger partial charge in [0.1, 0.15) is 16.5 Å². The summed E-state index contributed by atoms with van der Waals surface area (Å²) in [5.41, 5.74) is 0.881. The maximum atomic E-state index is 13.6. The first-order valence-electron chi connectivity index (χ1n) is 6.58. The summed E-state index contributed by atoms with van der Waals surface area (Å²) in [5.74, 6) is -0.714. The minimum Gasteiger partial charge on any atom is -0.350 e. The van der Waals surface area contributed by atoms with Gasteiger partial charge < -0.3 is 4.98 Å². The van der Waals surface area contributed by atoms with Crippen molar-refractivity contribution in [3.8, 4) is 0 Å². The van der Waals surface area contributed by atoms with E-state index in [-0.39, 0.29) is 11.7 Å². The van der Waals surface area contributed by atoms with Gasteiger partial charge >= 0.3 is 0 Å². The number of carbonyl (C=O) groups is 1. The maximum absolute atomic E-state index is 13.6. The first-order chi connectivity index (χ1) is 10.2. The molecule has 2 heterocycles. The number of aromatic amines is 1. The van der Waals surface area contributed by atoms with E-state index in [9.17, 15) is 9.18 Å². The molecule has 0 bridgehead atoms. The van der Waals surface area contributed by atoms with Crippen molar-refractivity contribution >= 4 is 33.3 Å². The molecule has 0 aliphatic carbocycles. The van der Waals surface area contributed by atoms with Crippen molar-refractivity contribution in [1.29, 1.82) is 0 Å². The molecule has 3 rings (SSSR count). The van der Waals surface area contributed by atoms with E-state index in [1.807, 2.05) is 0 Å². The Morgan fingerprint density at radius 3 is 3.05 bits per heavy atom. The lowest BCUT2D eigenvalue weighted by Crippen LogP contribution is -2.11. The number of amides is 1. The predicted molar refractivity (Wildman–Crippen MR) is 80.1 cm³/mol. The summed E-state index contributed by atoms with van der Waals surface area (Å²) in [7, 11) is 0. The topological polar surface area (TPSA) is 70.7 Å². The molecule has 0 unspecified atom stereocenters. The number of benzene rings is 1. The van der Waals surface area contributed by atoms with Gasteiger partial charge in [-0.1, -0.05) is 24.3 Å². The lowest BCUT2D eigenvalue weighted by Gasteiger charge is -1.97. The van der Waals surface area contributed by atoms with Gasteiger partial charge in [-0.2, -0.15) is 0 Å². The molecule has 2 aromatic heterocycles. The van der Waals surface area contributed by atoms with Crippen LogP contribution in [0.25, 0.3) is 10.9 Å². The SMILES string of the molecule is CCCc1nnc(NC(=O)c2cc3c(F)cccc3[nH]2)s1. The number of halogens is 1. The van der Waals surface area contributed by atoms with Gasteiger partial charge in [-0.15, -0.1) is 10.2 Å². The third kappa shape index (κ3) is 2.78. The summed E-state index contributed by atoms with van der Waals surface area (Å²) in [6.45, 7) is 2.05. The standard InChI is InChI=1S/C14H13FN4OS/c1-2-4-12-18-19-14(21-12)17-13(20)11-7-8-9(15)5-3-6-10(8)16-11/h3,5-7,16H,2,4H2,1H3,(H,17,19,20). The van der Waals surface area contributed by atoms with Crippen LogP contribution in [0.4, 0.5) is 9.52 Å². The fourth-order valence-electron chi connectivity index (χ4n) is 2.02. The van der Waals surface area contributed by atoms with E-state index >= 15 is 0 Å². The van der Waals surface area contributed by atoms with E-state index in [1.54, 1.807) is 12.1 Å². The molecule has 0 atom stereocenters. The molecule has 1 amide bonds. The summed E-state index contributed by atoms with van der Waals surface area (Å²) in [6.07, 6.45) is 1.81. The number of hydrogen-bond donors (Lipinski definition) is 2. The van der Waals surface area contributed by atoms with Crippen molar-refractivity contribution in [1.82, 2.24) is 15.2 Å². The Morgan fingerprint density at radius 2 is 2.29 bits per heavy atom. The minimum absolute atomic E-state index is 0.294. The molecule has 0 fully saturated rings. The highest BCUT2D eigenvalue weighted by atomic mass is 32.1. The summed E-state index contributed by atoms with van der Waals surface area (Å²) >= 11 is 1.35. The number of aromatic nitrogens is 3. The first kappa shape index (κ1) is 13.7. The molecule has 0 aliphatic heterocycles. The van der Waals surface area contributed by atoms with Gasteiger partial charge in [0, 0.05) is 17.3 Å². The van der Waals surface area contributed by atoms with E-state index in [0.717, 1.165) is 17.8 Å². The molecule has 0 saturated heterocycles. The Bertz CT molecular complexity index is 795. The van der Waals surface area contributed by atoms with E-state index in [2.05, 4.69) is 27.4 Å². The second kappa shape index (κ2) is 5.61. The van der Waals surface area contributed by atoms with Crippen LogP contribution in [0.3, 0.4) is 0 Å². The van der Waals surface area contributed by atoms with Gasteiger partial charge in [0.05, 0.1) is 0 Å². The molecular formula is C14H13FN4OS. The second-order valence-electron chi connectivity index (χ2n) is 4.59. The number of nitrogens with one attached hydrogen (secondary N) is 2. The zero-order chi connectivity index (χ0) is 14.8. The highest BCUT2D eigenvalue weighted by Crippen LogP contribution is 2.21.